The standard InChI is InChI=1S/C24H38N8OS/c1-17-16-18(2)27-21(26-17)29-22(30-23(34)28-19-8-4-5-9-19)31-14-10-24(11-15-31,20(25)33)32-12-6-3-7-13-32/h16,19H,3-15H2,1-2H3,(H2,25,33)(H2,26,27,28,29,30,34). The van der Waals surface area contributed by atoms with Gasteiger partial charge >= 0.3 is 0 Å². The van der Waals surface area contributed by atoms with Crippen molar-refractivity contribution in [1.29, 1.82) is 0 Å². The van der Waals surface area contributed by atoms with E-state index in [-0.39, 0.29) is 5.91 Å². The molecule has 1 aromatic rings. The number of aromatic nitrogens is 2. The number of carbonyl (C=O) groups excluding carboxylic acids is 1. The second-order valence-corrected chi connectivity index (χ2v) is 10.3. The van der Waals surface area contributed by atoms with E-state index in [4.69, 9.17) is 22.9 Å². The second-order valence-electron chi connectivity index (χ2n) is 9.90. The number of piperidine rings is 2. The molecule has 2 saturated heterocycles. The van der Waals surface area contributed by atoms with E-state index in [2.05, 4.69) is 30.4 Å². The van der Waals surface area contributed by atoms with Crippen molar-refractivity contribution in [3.05, 3.63) is 17.5 Å². The Bertz CT molecular complexity index is 895. The van der Waals surface area contributed by atoms with Crippen LogP contribution in [-0.4, -0.2) is 74.5 Å². The summed E-state index contributed by atoms with van der Waals surface area (Å²) in [6, 6.07) is 2.33. The largest absolute Gasteiger partial charge is 0.368 e. The van der Waals surface area contributed by atoms with E-state index in [9.17, 15) is 4.79 Å². The Morgan fingerprint density at radius 3 is 2.26 bits per heavy atom. The molecule has 4 N–H and O–H groups in total. The highest BCUT2D eigenvalue weighted by atomic mass is 32.1. The lowest BCUT2D eigenvalue weighted by Gasteiger charge is -2.48. The topological polar surface area (TPSA) is 112 Å². The van der Waals surface area contributed by atoms with Gasteiger partial charge in [0.15, 0.2) is 5.11 Å². The van der Waals surface area contributed by atoms with Crippen LogP contribution in [0.2, 0.25) is 0 Å². The molecule has 0 atom stereocenters. The van der Waals surface area contributed by atoms with Crippen LogP contribution in [0.4, 0.5) is 5.95 Å². The van der Waals surface area contributed by atoms with Crippen LogP contribution in [0.15, 0.2) is 11.1 Å². The Kier molecular flexibility index (Phi) is 7.98. The van der Waals surface area contributed by atoms with Crippen molar-refractivity contribution in [2.45, 2.75) is 83.2 Å². The maximum Gasteiger partial charge on any atom is 0.238 e. The van der Waals surface area contributed by atoms with Crippen LogP contribution < -0.4 is 16.4 Å². The zero-order chi connectivity index (χ0) is 24.1. The SMILES string of the molecule is Cc1cc(C)nc(N/C(=N/C(=S)NC2CCCC2)N2CCC(C(N)=O)(N3CCCCC3)CC2)n1. The third-order valence-corrected chi connectivity index (χ3v) is 7.62. The van der Waals surface area contributed by atoms with Gasteiger partial charge in [-0.05, 0) is 83.7 Å². The van der Waals surface area contributed by atoms with E-state index in [1.807, 2.05) is 19.9 Å². The van der Waals surface area contributed by atoms with Crippen molar-refractivity contribution in [2.24, 2.45) is 10.7 Å². The Balaban J connectivity index is 1.52. The fourth-order valence-corrected chi connectivity index (χ4v) is 5.81. The Morgan fingerprint density at radius 1 is 1.06 bits per heavy atom. The van der Waals surface area contributed by atoms with Gasteiger partial charge in [-0.1, -0.05) is 19.3 Å². The lowest BCUT2D eigenvalue weighted by atomic mass is 9.83. The van der Waals surface area contributed by atoms with Gasteiger partial charge in [0.05, 0.1) is 0 Å². The fraction of sp³-hybridized carbons (Fsp3) is 0.708. The van der Waals surface area contributed by atoms with E-state index in [1.165, 1.54) is 19.3 Å². The molecule has 1 amide bonds. The summed E-state index contributed by atoms with van der Waals surface area (Å²) < 4.78 is 0. The number of primary amides is 1. The zero-order valence-electron chi connectivity index (χ0n) is 20.5. The molecule has 0 bridgehead atoms. The number of carbonyl (C=O) groups is 1. The highest BCUT2D eigenvalue weighted by molar-refractivity contribution is 7.80. The van der Waals surface area contributed by atoms with Crippen LogP contribution in [-0.2, 0) is 4.79 Å². The number of guanidine groups is 1. The molecule has 3 heterocycles. The molecule has 34 heavy (non-hydrogen) atoms. The van der Waals surface area contributed by atoms with E-state index < -0.39 is 5.54 Å². The molecular formula is C24H38N8OS. The maximum atomic E-state index is 12.7. The van der Waals surface area contributed by atoms with Gasteiger partial charge in [-0.3, -0.25) is 15.0 Å². The summed E-state index contributed by atoms with van der Waals surface area (Å²) in [6.45, 7) is 7.08. The summed E-state index contributed by atoms with van der Waals surface area (Å²) in [5.41, 5.74) is 7.18. The van der Waals surface area contributed by atoms with E-state index in [0.29, 0.717) is 49.0 Å². The molecular weight excluding hydrogens is 448 g/mol. The minimum Gasteiger partial charge on any atom is -0.368 e. The van der Waals surface area contributed by atoms with Crippen LogP contribution >= 0.6 is 12.2 Å². The quantitative estimate of drug-likeness (QED) is 0.338. The van der Waals surface area contributed by atoms with Gasteiger partial charge in [0.2, 0.25) is 17.8 Å². The van der Waals surface area contributed by atoms with E-state index >= 15 is 0 Å². The molecule has 0 aromatic carbocycles. The van der Waals surface area contributed by atoms with Gasteiger partial charge in [0.25, 0.3) is 0 Å². The van der Waals surface area contributed by atoms with Crippen LogP contribution in [0.5, 0.6) is 0 Å². The monoisotopic (exact) mass is 486 g/mol. The zero-order valence-corrected chi connectivity index (χ0v) is 21.3. The number of amides is 1. The summed E-state index contributed by atoms with van der Waals surface area (Å²) in [5.74, 6) is 0.913. The van der Waals surface area contributed by atoms with Crippen LogP contribution in [0.25, 0.3) is 0 Å². The van der Waals surface area contributed by atoms with Crippen LogP contribution in [0.3, 0.4) is 0 Å². The first kappa shape index (κ1) is 24.8. The lowest BCUT2D eigenvalue weighted by molar-refractivity contribution is -0.134. The second kappa shape index (κ2) is 10.9. The molecule has 186 valence electrons. The number of nitrogens with one attached hydrogen (secondary N) is 2. The van der Waals surface area contributed by atoms with Crippen molar-refractivity contribution in [3.63, 3.8) is 0 Å². The first-order valence-corrected chi connectivity index (χ1v) is 13.0. The number of nitrogens with zero attached hydrogens (tertiary/aromatic N) is 5. The first-order chi connectivity index (χ1) is 16.4. The number of aliphatic imine (C=N–C) groups is 1. The number of hydrogen-bond donors (Lipinski definition) is 3. The number of likely N-dealkylation sites (tertiary alicyclic amines) is 2. The third kappa shape index (κ3) is 5.83. The van der Waals surface area contributed by atoms with Crippen molar-refractivity contribution >= 4 is 35.1 Å². The molecule has 4 rings (SSSR count). The van der Waals surface area contributed by atoms with Gasteiger partial charge in [-0.15, -0.1) is 0 Å². The highest BCUT2D eigenvalue weighted by Crippen LogP contribution is 2.32. The Morgan fingerprint density at radius 2 is 1.68 bits per heavy atom. The normalized spacial score (nSPS) is 21.9. The van der Waals surface area contributed by atoms with Crippen molar-refractivity contribution < 1.29 is 4.79 Å². The van der Waals surface area contributed by atoms with Gasteiger partial charge in [0, 0.05) is 30.5 Å². The summed E-state index contributed by atoms with van der Waals surface area (Å²) in [4.78, 5) is 31.0. The number of anilines is 1. The van der Waals surface area contributed by atoms with Gasteiger partial charge in [-0.2, -0.15) is 4.99 Å². The Labute approximate surface area is 208 Å². The van der Waals surface area contributed by atoms with Crippen LogP contribution in [0, 0.1) is 13.8 Å². The Hall–Kier alpha value is -2.33. The minimum absolute atomic E-state index is 0.212. The van der Waals surface area contributed by atoms with Crippen molar-refractivity contribution in [3.8, 4) is 0 Å². The van der Waals surface area contributed by atoms with Crippen LogP contribution in [0.1, 0.15) is 69.2 Å². The lowest BCUT2D eigenvalue weighted by Crippen LogP contribution is -2.64. The number of aryl methyl sites for hydroxylation is 2. The van der Waals surface area contributed by atoms with Gasteiger partial charge in [0.1, 0.15) is 5.54 Å². The number of hydrogen-bond acceptors (Lipinski definition) is 5. The summed E-state index contributed by atoms with van der Waals surface area (Å²) in [7, 11) is 0. The maximum absolute atomic E-state index is 12.7. The molecule has 3 fully saturated rings. The molecule has 1 aromatic heterocycles. The average Bonchev–Trinajstić information content (AvgIpc) is 3.31. The van der Waals surface area contributed by atoms with Crippen molar-refractivity contribution in [1.82, 2.24) is 25.1 Å². The molecule has 9 nitrogen and oxygen atoms in total. The first-order valence-electron chi connectivity index (χ1n) is 12.6. The molecule has 0 unspecified atom stereocenters. The van der Waals surface area contributed by atoms with E-state index in [1.54, 1.807) is 0 Å². The predicted molar refractivity (Wildman–Crippen MR) is 139 cm³/mol. The van der Waals surface area contributed by atoms with Gasteiger partial charge in [-0.25, -0.2) is 9.97 Å². The molecule has 1 aliphatic carbocycles. The summed E-state index contributed by atoms with van der Waals surface area (Å²) >= 11 is 5.60. The fourth-order valence-electron chi connectivity index (χ4n) is 5.56. The minimum atomic E-state index is -0.582. The average molecular weight is 487 g/mol. The predicted octanol–water partition coefficient (Wildman–Crippen LogP) is 2.48. The molecule has 0 radical (unpaired) electrons. The summed E-state index contributed by atoms with van der Waals surface area (Å²) in [5, 5.41) is 7.19. The molecule has 1 saturated carbocycles. The third-order valence-electron chi connectivity index (χ3n) is 7.41. The molecule has 3 aliphatic rings. The van der Waals surface area contributed by atoms with Crippen molar-refractivity contribution in [2.75, 3.05) is 31.5 Å². The molecule has 0 spiro atoms. The number of rotatable bonds is 4. The highest BCUT2D eigenvalue weighted by Gasteiger charge is 2.45. The summed E-state index contributed by atoms with van der Waals surface area (Å²) in [6.07, 6.45) is 9.50. The van der Waals surface area contributed by atoms with E-state index in [0.717, 1.165) is 50.2 Å². The number of thiocarbonyl (C=S) groups is 1. The molecule has 10 heteroatoms. The van der Waals surface area contributed by atoms with Gasteiger partial charge < -0.3 is 16.0 Å². The molecule has 2 aliphatic heterocycles. The number of nitrogens with two attached hydrogens (primary N) is 1. The smallest absolute Gasteiger partial charge is 0.238 e.